The van der Waals surface area contributed by atoms with Crippen molar-refractivity contribution in [2.45, 2.75) is 31.1 Å². The number of hydrogen-bond acceptors (Lipinski definition) is 1. The van der Waals surface area contributed by atoms with Gasteiger partial charge < -0.3 is 0 Å². The fourth-order valence-electron chi connectivity index (χ4n) is 1.77. The molecule has 80 valence electrons. The molecule has 1 heterocycles. The predicted molar refractivity (Wildman–Crippen MR) is 64.0 cm³/mol. The van der Waals surface area contributed by atoms with Crippen LogP contribution in [0.5, 0.6) is 0 Å². The first kappa shape index (κ1) is 10.7. The average Bonchev–Trinajstić information content (AvgIpc) is 2.59. The topological polar surface area (TPSA) is 26.1 Å². The molecule has 0 aliphatic carbocycles. The summed E-state index contributed by atoms with van der Waals surface area (Å²) in [7, 11) is 0. The van der Waals surface area contributed by atoms with Crippen molar-refractivity contribution in [3.63, 3.8) is 0 Å². The van der Waals surface area contributed by atoms with Crippen molar-refractivity contribution >= 4 is 25.1 Å². The zero-order valence-electron chi connectivity index (χ0n) is 8.85. The maximum absolute atomic E-state index is 11.6. The van der Waals surface area contributed by atoms with Gasteiger partial charge in [0.05, 0.1) is 0 Å². The van der Waals surface area contributed by atoms with Gasteiger partial charge in [0.2, 0.25) is 0 Å². The molecular formula is C12H15NOSe. The van der Waals surface area contributed by atoms with E-state index in [1.54, 1.807) is 0 Å². The van der Waals surface area contributed by atoms with Crippen LogP contribution in [0.3, 0.4) is 0 Å². The van der Waals surface area contributed by atoms with Gasteiger partial charge in [0.15, 0.2) is 0 Å². The van der Waals surface area contributed by atoms with Crippen LogP contribution in [-0.2, 0) is 0 Å². The van der Waals surface area contributed by atoms with E-state index in [9.17, 15) is 5.21 Å². The van der Waals surface area contributed by atoms with Gasteiger partial charge >= 0.3 is 96.5 Å². The number of hydroxylamine groups is 1. The minimum atomic E-state index is 0.241. The summed E-state index contributed by atoms with van der Waals surface area (Å²) in [5, 5.41) is 12.7. The fraction of sp³-hybridized carbons (Fsp3) is 0.417. The zero-order chi connectivity index (χ0) is 10.7. The average molecular weight is 268 g/mol. The first-order chi connectivity index (χ1) is 7.27. The van der Waals surface area contributed by atoms with Crippen molar-refractivity contribution < 1.29 is 4.74 Å². The van der Waals surface area contributed by atoms with E-state index < -0.39 is 0 Å². The van der Waals surface area contributed by atoms with Gasteiger partial charge in [0, 0.05) is 0 Å². The van der Waals surface area contributed by atoms with Gasteiger partial charge in [0.25, 0.3) is 0 Å². The maximum atomic E-state index is 11.6. The van der Waals surface area contributed by atoms with E-state index in [4.69, 9.17) is 0 Å². The molecule has 0 saturated carbocycles. The van der Waals surface area contributed by atoms with Gasteiger partial charge in [-0.05, 0) is 0 Å². The molecule has 1 aromatic carbocycles. The molecule has 0 amide bonds. The van der Waals surface area contributed by atoms with Crippen LogP contribution in [-0.4, -0.2) is 31.4 Å². The molecule has 1 aromatic rings. The van der Waals surface area contributed by atoms with E-state index in [0.29, 0.717) is 15.0 Å². The Morgan fingerprint density at radius 1 is 1.40 bits per heavy atom. The van der Waals surface area contributed by atoms with Crippen molar-refractivity contribution in [3.8, 4) is 0 Å². The molecule has 2 rings (SSSR count). The van der Waals surface area contributed by atoms with Crippen LogP contribution >= 0.6 is 0 Å². The monoisotopic (exact) mass is 269 g/mol. The van der Waals surface area contributed by atoms with Crippen LogP contribution < -0.4 is 4.46 Å². The van der Waals surface area contributed by atoms with Gasteiger partial charge in [0.1, 0.15) is 0 Å². The summed E-state index contributed by atoms with van der Waals surface area (Å²) >= 11 is 0.444. The molecule has 15 heavy (non-hydrogen) atoms. The number of nitrogens with zero attached hydrogens (tertiary/aromatic N) is 1. The van der Waals surface area contributed by atoms with Crippen LogP contribution in [0.2, 0.25) is 5.32 Å². The van der Waals surface area contributed by atoms with Crippen LogP contribution in [0.1, 0.15) is 19.8 Å². The van der Waals surface area contributed by atoms with E-state index in [1.807, 2.05) is 13.0 Å². The normalized spacial score (nSPS) is 21.0. The van der Waals surface area contributed by atoms with Gasteiger partial charge in [-0.25, -0.2) is 0 Å². The van der Waals surface area contributed by atoms with E-state index in [-0.39, 0.29) is 6.04 Å². The van der Waals surface area contributed by atoms with Crippen molar-refractivity contribution in [3.05, 3.63) is 35.5 Å². The third-order valence-corrected chi connectivity index (χ3v) is 5.16. The fourth-order valence-corrected chi connectivity index (χ4v) is 3.95. The number of benzene rings is 1. The minimum absolute atomic E-state index is 0.241. The Balaban J connectivity index is 1.90. The zero-order valence-corrected chi connectivity index (χ0v) is 10.6. The molecule has 0 fully saturated rings. The molecule has 1 aliphatic heterocycles. The summed E-state index contributed by atoms with van der Waals surface area (Å²) in [6.07, 6.45) is 2.03. The van der Waals surface area contributed by atoms with Crippen molar-refractivity contribution in [1.82, 2.24) is 0 Å². The second-order valence-corrected chi connectivity index (χ2v) is 6.17. The predicted octanol–water partition coefficient (Wildman–Crippen LogP) is 1.57. The number of hydrogen-bond donors (Lipinski definition) is 0. The summed E-state index contributed by atoms with van der Waals surface area (Å²) in [5.74, 6) is 0. The van der Waals surface area contributed by atoms with Gasteiger partial charge in [-0.2, -0.15) is 0 Å². The Hall–Kier alpha value is -0.791. The molecule has 0 N–H and O–H groups in total. The summed E-state index contributed by atoms with van der Waals surface area (Å²) in [6, 6.07) is 10.7. The quantitative estimate of drug-likeness (QED) is 0.464. The van der Waals surface area contributed by atoms with Gasteiger partial charge in [-0.3, -0.25) is 0 Å². The Kier molecular flexibility index (Phi) is 3.45. The van der Waals surface area contributed by atoms with E-state index in [2.05, 4.69) is 24.3 Å². The van der Waals surface area contributed by atoms with Gasteiger partial charge in [-0.15, -0.1) is 0 Å². The van der Waals surface area contributed by atoms with E-state index in [1.165, 1.54) is 9.20 Å². The second kappa shape index (κ2) is 4.82. The molecule has 0 aromatic heterocycles. The van der Waals surface area contributed by atoms with Crippen LogP contribution in [0.15, 0.2) is 30.3 Å². The SMILES string of the molecule is CC1=[N+]([O-])C(C[Se]c2ccccc2)CC1. The molecule has 0 spiro atoms. The summed E-state index contributed by atoms with van der Waals surface area (Å²) in [6.45, 7) is 1.95. The molecule has 1 atom stereocenters. The molecular weight excluding hydrogens is 253 g/mol. The van der Waals surface area contributed by atoms with Crippen LogP contribution in [0, 0.1) is 5.21 Å². The summed E-state index contributed by atoms with van der Waals surface area (Å²) in [5.41, 5.74) is 1.00. The Labute approximate surface area is 96.7 Å². The Morgan fingerprint density at radius 3 is 2.73 bits per heavy atom. The summed E-state index contributed by atoms with van der Waals surface area (Å²) in [4.78, 5) is 0. The second-order valence-electron chi connectivity index (χ2n) is 3.88. The summed E-state index contributed by atoms with van der Waals surface area (Å²) < 4.78 is 2.62. The van der Waals surface area contributed by atoms with Crippen LogP contribution in [0.25, 0.3) is 0 Å². The third kappa shape index (κ3) is 2.61. The first-order valence-electron chi connectivity index (χ1n) is 5.24. The molecule has 0 saturated heterocycles. The third-order valence-electron chi connectivity index (χ3n) is 2.73. The molecule has 3 heteroatoms. The van der Waals surface area contributed by atoms with Crippen molar-refractivity contribution in [2.75, 3.05) is 0 Å². The van der Waals surface area contributed by atoms with Crippen LogP contribution in [0.4, 0.5) is 0 Å². The van der Waals surface area contributed by atoms with Gasteiger partial charge in [-0.1, -0.05) is 0 Å². The first-order valence-corrected chi connectivity index (χ1v) is 7.31. The van der Waals surface area contributed by atoms with E-state index >= 15 is 0 Å². The Morgan fingerprint density at radius 2 is 2.13 bits per heavy atom. The van der Waals surface area contributed by atoms with Crippen molar-refractivity contribution in [2.24, 2.45) is 0 Å². The van der Waals surface area contributed by atoms with E-state index in [0.717, 1.165) is 23.9 Å². The molecule has 1 aliphatic rings. The van der Waals surface area contributed by atoms with Crippen molar-refractivity contribution in [1.29, 1.82) is 0 Å². The number of rotatable bonds is 3. The molecule has 2 nitrogen and oxygen atoms in total. The Bertz CT molecular complexity index is 361. The standard InChI is InChI=1S/C12H15NOSe/c1-10-7-8-11(13(10)14)9-15-12-5-3-2-4-6-12/h2-6,11H,7-9H2,1H3. The molecule has 0 radical (unpaired) electrons. The molecule has 0 bridgehead atoms. The molecule has 1 unspecified atom stereocenters.